The molecule has 0 unspecified atom stereocenters. The zero-order valence-corrected chi connectivity index (χ0v) is 11.9. The number of ether oxygens (including phenoxy) is 2. The second-order valence-corrected chi connectivity index (χ2v) is 4.89. The summed E-state index contributed by atoms with van der Waals surface area (Å²) in [6.07, 6.45) is 4.12. The monoisotopic (exact) mass is 286 g/mol. The molecule has 21 heavy (non-hydrogen) atoms. The van der Waals surface area contributed by atoms with E-state index in [2.05, 4.69) is 10.1 Å². The summed E-state index contributed by atoms with van der Waals surface area (Å²) in [4.78, 5) is 4.11. The van der Waals surface area contributed by atoms with E-state index in [1.165, 1.54) is 0 Å². The summed E-state index contributed by atoms with van der Waals surface area (Å²) in [7, 11) is 0. The van der Waals surface area contributed by atoms with Gasteiger partial charge in [0.05, 0.1) is 31.3 Å². The van der Waals surface area contributed by atoms with E-state index < -0.39 is 0 Å². The predicted octanol–water partition coefficient (Wildman–Crippen LogP) is 2.09. The number of hydrogen-bond acceptors (Lipinski definition) is 5. The van der Waals surface area contributed by atoms with E-state index in [0.29, 0.717) is 19.2 Å². The van der Waals surface area contributed by atoms with Gasteiger partial charge >= 0.3 is 0 Å². The van der Waals surface area contributed by atoms with Crippen molar-refractivity contribution < 1.29 is 9.47 Å². The highest BCUT2D eigenvalue weighted by Gasteiger charge is 2.18. The maximum Gasteiger partial charge on any atom is 0.221 e. The lowest BCUT2D eigenvalue weighted by molar-refractivity contribution is -0.183. The van der Waals surface area contributed by atoms with Crippen molar-refractivity contribution in [1.82, 2.24) is 9.66 Å². The smallest absolute Gasteiger partial charge is 0.221 e. The molecule has 2 aromatic rings. The van der Waals surface area contributed by atoms with Crippen LogP contribution in [0.1, 0.15) is 29.5 Å². The summed E-state index contributed by atoms with van der Waals surface area (Å²) in [5.41, 5.74) is 8.51. The molecule has 0 atom stereocenters. The molecule has 0 spiro atoms. The van der Waals surface area contributed by atoms with E-state index in [0.717, 1.165) is 23.2 Å². The molecule has 2 N–H and O–H groups in total. The first-order valence-electron chi connectivity index (χ1n) is 6.92. The summed E-state index contributed by atoms with van der Waals surface area (Å²) in [6.45, 7) is 3.30. The van der Waals surface area contributed by atoms with E-state index in [4.69, 9.17) is 15.2 Å². The van der Waals surface area contributed by atoms with Gasteiger partial charge in [0.1, 0.15) is 0 Å². The van der Waals surface area contributed by atoms with Crippen LogP contribution in [0.5, 0.6) is 0 Å². The van der Waals surface area contributed by atoms with Crippen molar-refractivity contribution in [1.29, 1.82) is 0 Å². The molecule has 1 aliphatic heterocycles. The van der Waals surface area contributed by atoms with E-state index in [9.17, 15) is 0 Å². The number of benzene rings is 1. The Morgan fingerprint density at radius 2 is 2.10 bits per heavy atom. The maximum atomic E-state index is 5.78. The van der Waals surface area contributed by atoms with Gasteiger partial charge in [-0.1, -0.05) is 24.3 Å². The molecular weight excluding hydrogens is 268 g/mol. The van der Waals surface area contributed by atoms with Crippen molar-refractivity contribution in [2.45, 2.75) is 19.6 Å². The second-order valence-electron chi connectivity index (χ2n) is 4.89. The van der Waals surface area contributed by atoms with Crippen molar-refractivity contribution in [3.05, 3.63) is 47.3 Å². The van der Waals surface area contributed by atoms with Crippen LogP contribution in [0.3, 0.4) is 0 Å². The Balaban J connectivity index is 1.86. The fourth-order valence-electron chi connectivity index (χ4n) is 2.23. The van der Waals surface area contributed by atoms with Gasteiger partial charge in [-0.2, -0.15) is 5.10 Å². The molecule has 1 fully saturated rings. The molecular formula is C15H18N4O2. The molecule has 1 aromatic heterocycles. The summed E-state index contributed by atoms with van der Waals surface area (Å²) in [5, 5.41) is 4.35. The third-order valence-electron chi connectivity index (χ3n) is 3.23. The van der Waals surface area contributed by atoms with Crippen LogP contribution in [0.2, 0.25) is 0 Å². The summed E-state index contributed by atoms with van der Waals surface area (Å²) in [6, 6.07) is 7.87. The average Bonchev–Trinajstić information content (AvgIpc) is 2.84. The largest absolute Gasteiger partial charge is 0.368 e. The van der Waals surface area contributed by atoms with Gasteiger partial charge in [0.15, 0.2) is 6.29 Å². The molecule has 0 bridgehead atoms. The predicted molar refractivity (Wildman–Crippen MR) is 80.1 cm³/mol. The molecule has 0 amide bonds. The highest BCUT2D eigenvalue weighted by atomic mass is 16.7. The summed E-state index contributed by atoms with van der Waals surface area (Å²) < 4.78 is 12.9. The van der Waals surface area contributed by atoms with Crippen molar-refractivity contribution >= 4 is 12.2 Å². The van der Waals surface area contributed by atoms with Crippen LogP contribution in [0, 0.1) is 6.92 Å². The Bertz CT molecular complexity index is 645. The molecule has 3 rings (SSSR count). The third kappa shape index (κ3) is 3.12. The van der Waals surface area contributed by atoms with Crippen LogP contribution in [0.25, 0.3) is 0 Å². The lowest BCUT2D eigenvalue weighted by Gasteiger charge is -2.24. The standard InChI is InChI=1S/C15H18N4O2/c1-11-10-19(15(16)18-11)17-9-12-5-2-3-6-13(12)14-20-7-4-8-21-14/h2-3,5-6,9-10,14H,4,7-8H2,1H3,(H2,16,18). The van der Waals surface area contributed by atoms with Crippen LogP contribution in [-0.4, -0.2) is 29.1 Å². The lowest BCUT2D eigenvalue weighted by atomic mass is 10.1. The van der Waals surface area contributed by atoms with Crippen LogP contribution in [-0.2, 0) is 9.47 Å². The maximum absolute atomic E-state index is 5.78. The van der Waals surface area contributed by atoms with E-state index in [1.807, 2.05) is 31.2 Å². The number of rotatable bonds is 3. The summed E-state index contributed by atoms with van der Waals surface area (Å²) in [5.74, 6) is 0.367. The molecule has 0 radical (unpaired) electrons. The normalized spacial score (nSPS) is 16.6. The number of hydrogen-bond donors (Lipinski definition) is 1. The van der Waals surface area contributed by atoms with Gasteiger partial charge in [0.2, 0.25) is 5.95 Å². The molecule has 0 aliphatic carbocycles. The molecule has 110 valence electrons. The van der Waals surface area contributed by atoms with Gasteiger partial charge < -0.3 is 15.2 Å². The number of nitrogens with zero attached hydrogens (tertiary/aromatic N) is 3. The Kier molecular flexibility index (Phi) is 3.98. The van der Waals surface area contributed by atoms with Crippen LogP contribution in [0.15, 0.2) is 35.6 Å². The minimum atomic E-state index is -0.330. The molecule has 6 nitrogen and oxygen atoms in total. The van der Waals surface area contributed by atoms with Gasteiger partial charge in [0, 0.05) is 11.1 Å². The number of nitrogens with two attached hydrogens (primary N) is 1. The SMILES string of the molecule is Cc1cn(N=Cc2ccccc2C2OCCCO2)c(N)n1. The number of aromatic nitrogens is 2. The fourth-order valence-corrected chi connectivity index (χ4v) is 2.23. The van der Waals surface area contributed by atoms with Crippen LogP contribution in [0.4, 0.5) is 5.95 Å². The Hall–Kier alpha value is -2.18. The van der Waals surface area contributed by atoms with E-state index in [-0.39, 0.29) is 6.29 Å². The van der Waals surface area contributed by atoms with Crippen molar-refractivity contribution in [3.8, 4) is 0 Å². The van der Waals surface area contributed by atoms with Crippen molar-refractivity contribution in [2.75, 3.05) is 18.9 Å². The highest BCUT2D eigenvalue weighted by molar-refractivity contribution is 5.81. The quantitative estimate of drug-likeness (QED) is 0.877. The first-order valence-corrected chi connectivity index (χ1v) is 6.92. The topological polar surface area (TPSA) is 74.7 Å². The average molecular weight is 286 g/mol. The molecule has 1 aromatic carbocycles. The highest BCUT2D eigenvalue weighted by Crippen LogP contribution is 2.25. The van der Waals surface area contributed by atoms with Crippen LogP contribution >= 0.6 is 0 Å². The minimum absolute atomic E-state index is 0.330. The van der Waals surface area contributed by atoms with E-state index in [1.54, 1.807) is 17.1 Å². The Morgan fingerprint density at radius 3 is 2.81 bits per heavy atom. The third-order valence-corrected chi connectivity index (χ3v) is 3.23. The number of imidazole rings is 1. The van der Waals surface area contributed by atoms with Gasteiger partial charge in [0.25, 0.3) is 0 Å². The van der Waals surface area contributed by atoms with Gasteiger partial charge in [-0.25, -0.2) is 9.66 Å². The second kappa shape index (κ2) is 6.07. The molecule has 0 saturated carbocycles. The fraction of sp³-hybridized carbons (Fsp3) is 0.333. The van der Waals surface area contributed by atoms with Crippen LogP contribution < -0.4 is 5.73 Å². The summed E-state index contributed by atoms with van der Waals surface area (Å²) >= 11 is 0. The zero-order chi connectivity index (χ0) is 14.7. The molecule has 6 heteroatoms. The van der Waals surface area contributed by atoms with Crippen molar-refractivity contribution in [3.63, 3.8) is 0 Å². The minimum Gasteiger partial charge on any atom is -0.368 e. The number of anilines is 1. The van der Waals surface area contributed by atoms with E-state index >= 15 is 0 Å². The molecule has 1 aliphatic rings. The zero-order valence-electron chi connectivity index (χ0n) is 11.9. The Labute approximate surface area is 123 Å². The molecule has 1 saturated heterocycles. The van der Waals surface area contributed by atoms with Crippen molar-refractivity contribution in [2.24, 2.45) is 5.10 Å². The number of aryl methyl sites for hydroxylation is 1. The van der Waals surface area contributed by atoms with Gasteiger partial charge in [-0.05, 0) is 13.3 Å². The Morgan fingerprint density at radius 1 is 1.33 bits per heavy atom. The molecule has 2 heterocycles. The first-order chi connectivity index (χ1) is 10.2. The number of nitrogen functional groups attached to an aromatic ring is 1. The van der Waals surface area contributed by atoms with Gasteiger partial charge in [-0.15, -0.1) is 0 Å². The van der Waals surface area contributed by atoms with Gasteiger partial charge in [-0.3, -0.25) is 0 Å². The lowest BCUT2D eigenvalue weighted by Crippen LogP contribution is -2.18. The first kappa shape index (κ1) is 13.8.